The lowest BCUT2D eigenvalue weighted by atomic mass is 9.97. The topological polar surface area (TPSA) is 71.3 Å². The minimum Gasteiger partial charge on any atom is -0.448 e. The van der Waals surface area contributed by atoms with E-state index in [1.54, 1.807) is 6.20 Å². The monoisotopic (exact) mass is 300 g/mol. The maximum Gasteiger partial charge on any atom is 0.225 e. The van der Waals surface area contributed by atoms with Crippen LogP contribution in [0.15, 0.2) is 35.2 Å². The minimum absolute atomic E-state index is 0.0331. The van der Waals surface area contributed by atoms with Gasteiger partial charge in [-0.15, -0.1) is 0 Å². The van der Waals surface area contributed by atoms with Gasteiger partial charge in [-0.1, -0.05) is 13.0 Å². The van der Waals surface area contributed by atoms with Gasteiger partial charge in [0.15, 0.2) is 6.39 Å². The van der Waals surface area contributed by atoms with Gasteiger partial charge in [-0.25, -0.2) is 9.97 Å². The van der Waals surface area contributed by atoms with Crippen molar-refractivity contribution in [3.8, 4) is 0 Å². The predicted octanol–water partition coefficient (Wildman–Crippen LogP) is 1.77. The van der Waals surface area contributed by atoms with Crippen molar-refractivity contribution in [2.24, 2.45) is 11.8 Å². The van der Waals surface area contributed by atoms with E-state index in [-0.39, 0.29) is 11.8 Å². The Morgan fingerprint density at radius 2 is 2.27 bits per heavy atom. The SMILES string of the molecule is Cc1ocnc1CNC(=O)[C@@H]1CN(c2ccccn2)C[C@H]1C. The van der Waals surface area contributed by atoms with Gasteiger partial charge in [0.2, 0.25) is 5.91 Å². The molecule has 0 saturated carbocycles. The number of rotatable bonds is 4. The molecule has 0 spiro atoms. The average molecular weight is 300 g/mol. The van der Waals surface area contributed by atoms with E-state index in [1.165, 1.54) is 6.39 Å². The molecule has 2 aromatic rings. The molecule has 1 aliphatic rings. The summed E-state index contributed by atoms with van der Waals surface area (Å²) in [4.78, 5) is 23.0. The van der Waals surface area contributed by atoms with E-state index >= 15 is 0 Å². The Kier molecular flexibility index (Phi) is 4.09. The number of oxazole rings is 1. The summed E-state index contributed by atoms with van der Waals surface area (Å²) in [7, 11) is 0. The second-order valence-corrected chi connectivity index (χ2v) is 5.75. The number of aromatic nitrogens is 2. The van der Waals surface area contributed by atoms with Crippen LogP contribution in [0.5, 0.6) is 0 Å². The van der Waals surface area contributed by atoms with Gasteiger partial charge in [0.05, 0.1) is 12.5 Å². The molecule has 6 heteroatoms. The smallest absolute Gasteiger partial charge is 0.225 e. The molecule has 2 aromatic heterocycles. The van der Waals surface area contributed by atoms with Crippen molar-refractivity contribution < 1.29 is 9.21 Å². The number of pyridine rings is 1. The summed E-state index contributed by atoms with van der Waals surface area (Å²) in [6, 6.07) is 5.84. The van der Waals surface area contributed by atoms with Crippen LogP contribution in [0.4, 0.5) is 5.82 Å². The third kappa shape index (κ3) is 2.95. The van der Waals surface area contributed by atoms with Crippen LogP contribution in [-0.4, -0.2) is 29.0 Å². The van der Waals surface area contributed by atoms with Crippen molar-refractivity contribution in [3.05, 3.63) is 42.2 Å². The summed E-state index contributed by atoms with van der Waals surface area (Å²) in [5, 5.41) is 2.96. The number of carbonyl (C=O) groups excluding carboxylic acids is 1. The lowest BCUT2D eigenvalue weighted by molar-refractivity contribution is -0.125. The van der Waals surface area contributed by atoms with Crippen LogP contribution in [0.2, 0.25) is 0 Å². The molecule has 1 saturated heterocycles. The fourth-order valence-electron chi connectivity index (χ4n) is 2.84. The van der Waals surface area contributed by atoms with Gasteiger partial charge in [-0.3, -0.25) is 4.79 Å². The lowest BCUT2D eigenvalue weighted by Gasteiger charge is -2.16. The summed E-state index contributed by atoms with van der Waals surface area (Å²) < 4.78 is 5.14. The molecule has 1 aliphatic heterocycles. The number of aryl methyl sites for hydroxylation is 1. The number of carbonyl (C=O) groups is 1. The molecular weight excluding hydrogens is 280 g/mol. The molecule has 1 N–H and O–H groups in total. The summed E-state index contributed by atoms with van der Waals surface area (Å²) >= 11 is 0. The predicted molar refractivity (Wildman–Crippen MR) is 82.2 cm³/mol. The van der Waals surface area contributed by atoms with Crippen LogP contribution in [0.3, 0.4) is 0 Å². The van der Waals surface area contributed by atoms with E-state index in [4.69, 9.17) is 4.42 Å². The second-order valence-electron chi connectivity index (χ2n) is 5.75. The van der Waals surface area contributed by atoms with Crippen LogP contribution in [0.25, 0.3) is 0 Å². The number of nitrogens with zero attached hydrogens (tertiary/aromatic N) is 3. The molecule has 0 aromatic carbocycles. The van der Waals surface area contributed by atoms with E-state index in [1.807, 2.05) is 25.1 Å². The molecule has 0 unspecified atom stereocenters. The maximum absolute atomic E-state index is 12.4. The highest BCUT2D eigenvalue weighted by atomic mass is 16.3. The molecule has 22 heavy (non-hydrogen) atoms. The van der Waals surface area contributed by atoms with E-state index in [2.05, 4.69) is 27.1 Å². The molecule has 0 radical (unpaired) electrons. The average Bonchev–Trinajstić information content (AvgIpc) is 3.12. The van der Waals surface area contributed by atoms with E-state index < -0.39 is 0 Å². The first-order valence-electron chi connectivity index (χ1n) is 7.48. The summed E-state index contributed by atoms with van der Waals surface area (Å²) in [6.07, 6.45) is 3.18. The van der Waals surface area contributed by atoms with Gasteiger partial charge in [-0.05, 0) is 25.0 Å². The summed E-state index contributed by atoms with van der Waals surface area (Å²) in [6.45, 7) is 5.90. The van der Waals surface area contributed by atoms with Crippen molar-refractivity contribution in [3.63, 3.8) is 0 Å². The first kappa shape index (κ1) is 14.6. The molecule has 3 rings (SSSR count). The summed E-state index contributed by atoms with van der Waals surface area (Å²) in [5.41, 5.74) is 0.778. The van der Waals surface area contributed by atoms with Crippen molar-refractivity contribution in [2.45, 2.75) is 20.4 Å². The van der Waals surface area contributed by atoms with Crippen molar-refractivity contribution in [1.82, 2.24) is 15.3 Å². The van der Waals surface area contributed by atoms with Gasteiger partial charge in [0.25, 0.3) is 0 Å². The minimum atomic E-state index is -0.0331. The van der Waals surface area contributed by atoms with Crippen LogP contribution in [0, 0.1) is 18.8 Å². The van der Waals surface area contributed by atoms with Gasteiger partial charge >= 0.3 is 0 Å². The quantitative estimate of drug-likeness (QED) is 0.931. The first-order chi connectivity index (χ1) is 10.6. The molecule has 0 aliphatic carbocycles. The Hall–Kier alpha value is -2.37. The third-order valence-corrected chi connectivity index (χ3v) is 4.20. The van der Waals surface area contributed by atoms with Crippen molar-refractivity contribution in [2.75, 3.05) is 18.0 Å². The van der Waals surface area contributed by atoms with Crippen LogP contribution in [0.1, 0.15) is 18.4 Å². The molecule has 116 valence electrons. The molecule has 6 nitrogen and oxygen atoms in total. The Balaban J connectivity index is 1.60. The fourth-order valence-corrected chi connectivity index (χ4v) is 2.84. The van der Waals surface area contributed by atoms with Gasteiger partial charge in [0, 0.05) is 19.3 Å². The van der Waals surface area contributed by atoms with E-state index in [0.29, 0.717) is 19.0 Å². The number of hydrogen-bond acceptors (Lipinski definition) is 5. The number of amides is 1. The molecule has 2 atom stereocenters. The highest BCUT2D eigenvalue weighted by Gasteiger charge is 2.35. The molecule has 0 bridgehead atoms. The number of hydrogen-bond donors (Lipinski definition) is 1. The zero-order valence-electron chi connectivity index (χ0n) is 12.8. The number of nitrogens with one attached hydrogen (secondary N) is 1. The molecular formula is C16H20N4O2. The van der Waals surface area contributed by atoms with Crippen molar-refractivity contribution in [1.29, 1.82) is 0 Å². The highest BCUT2D eigenvalue weighted by molar-refractivity contribution is 5.80. The zero-order valence-corrected chi connectivity index (χ0v) is 12.8. The Morgan fingerprint density at radius 1 is 1.41 bits per heavy atom. The third-order valence-electron chi connectivity index (χ3n) is 4.20. The second kappa shape index (κ2) is 6.17. The fraction of sp³-hybridized carbons (Fsp3) is 0.438. The first-order valence-corrected chi connectivity index (χ1v) is 7.48. The van der Waals surface area contributed by atoms with Crippen LogP contribution >= 0.6 is 0 Å². The number of anilines is 1. The largest absolute Gasteiger partial charge is 0.448 e. The van der Waals surface area contributed by atoms with Crippen molar-refractivity contribution >= 4 is 11.7 Å². The molecule has 1 amide bonds. The standard InChI is InChI=1S/C16H20N4O2/c1-11-8-20(15-5-3-4-6-17-15)9-13(11)16(21)18-7-14-12(2)22-10-19-14/h3-6,10-11,13H,7-9H2,1-2H3,(H,18,21)/t11-,13-/m1/s1. The Morgan fingerprint density at radius 3 is 2.95 bits per heavy atom. The summed E-state index contributed by atoms with van der Waals surface area (Å²) in [5.74, 6) is 2.00. The normalized spacial score (nSPS) is 21.1. The zero-order chi connectivity index (χ0) is 15.5. The van der Waals surface area contributed by atoms with Crippen LogP contribution in [-0.2, 0) is 11.3 Å². The Bertz CT molecular complexity index is 641. The molecule has 3 heterocycles. The molecule has 1 fully saturated rings. The van der Waals surface area contributed by atoms with E-state index in [9.17, 15) is 4.79 Å². The van der Waals surface area contributed by atoms with Gasteiger partial charge < -0.3 is 14.6 Å². The van der Waals surface area contributed by atoms with E-state index in [0.717, 1.165) is 23.8 Å². The Labute approximate surface area is 129 Å². The lowest BCUT2D eigenvalue weighted by Crippen LogP contribution is -2.34. The van der Waals surface area contributed by atoms with Crippen LogP contribution < -0.4 is 10.2 Å². The van der Waals surface area contributed by atoms with Gasteiger partial charge in [0.1, 0.15) is 17.3 Å². The van der Waals surface area contributed by atoms with Gasteiger partial charge in [-0.2, -0.15) is 0 Å². The highest BCUT2D eigenvalue weighted by Crippen LogP contribution is 2.26. The maximum atomic E-state index is 12.4.